The van der Waals surface area contributed by atoms with Crippen LogP contribution in [0, 0.1) is 32.5 Å². The van der Waals surface area contributed by atoms with E-state index in [0.29, 0.717) is 0 Å². The van der Waals surface area contributed by atoms with Crippen molar-refractivity contribution in [2.24, 2.45) is 32.5 Å². The van der Waals surface area contributed by atoms with Crippen LogP contribution in [-0.2, 0) is 10.8 Å². The molecule has 274 valence electrons. The van der Waals surface area contributed by atoms with Gasteiger partial charge in [0.1, 0.15) is 0 Å². The van der Waals surface area contributed by atoms with E-state index in [1.165, 1.54) is 48.5 Å². The monoisotopic (exact) mass is 724 g/mol. The molecule has 0 radical (unpaired) electrons. The lowest BCUT2D eigenvalue weighted by Crippen LogP contribution is -2.77. The number of hydrogen-bond donors (Lipinski definition) is 2. The van der Waals surface area contributed by atoms with Crippen LogP contribution in [0.4, 0.5) is 64.1 Å². The Balaban J connectivity index is 1.44. The van der Waals surface area contributed by atoms with Crippen LogP contribution < -0.4 is 11.5 Å². The van der Waals surface area contributed by atoms with Gasteiger partial charge in [0.2, 0.25) is 0 Å². The SMILES string of the molecule is Nc1ccc(C23CC4(C(F)(F)F)CC(C(F)(F)F)(C2)CC(C25CC6(c7ccc(N)cc7)CC(C(F)(F)F)(CC(C(F)(F)F)(C6)C2)C5)(C3)C4)cc1. The molecule has 2 nitrogen and oxygen atoms in total. The van der Waals surface area contributed by atoms with E-state index in [1.807, 2.05) is 0 Å². The highest BCUT2D eigenvalue weighted by Crippen LogP contribution is 2.89. The highest BCUT2D eigenvalue weighted by atomic mass is 19.4. The van der Waals surface area contributed by atoms with E-state index in [-0.39, 0.29) is 35.3 Å². The molecule has 4 atom stereocenters. The summed E-state index contributed by atoms with van der Waals surface area (Å²) in [5.41, 5.74) is -7.46. The summed E-state index contributed by atoms with van der Waals surface area (Å²) in [6.45, 7) is 0. The van der Waals surface area contributed by atoms with Gasteiger partial charge in [0.05, 0.1) is 21.7 Å². The number of alkyl halides is 12. The van der Waals surface area contributed by atoms with Gasteiger partial charge >= 0.3 is 24.7 Å². The topological polar surface area (TPSA) is 52.0 Å². The summed E-state index contributed by atoms with van der Waals surface area (Å²) in [6.07, 6.45) is -30.9. The Labute approximate surface area is 280 Å². The summed E-state index contributed by atoms with van der Waals surface area (Å²) >= 11 is 0. The lowest BCUT2D eigenvalue weighted by atomic mass is 9.24. The Morgan fingerprint density at radius 2 is 0.580 bits per heavy atom. The van der Waals surface area contributed by atoms with Crippen LogP contribution in [0.1, 0.15) is 88.2 Å². The average Bonchev–Trinajstić information content (AvgIpc) is 2.94. The van der Waals surface area contributed by atoms with Gasteiger partial charge in [0.25, 0.3) is 0 Å². The molecule has 0 aromatic heterocycles. The lowest BCUT2D eigenvalue weighted by molar-refractivity contribution is -0.406. The van der Waals surface area contributed by atoms with Gasteiger partial charge in [-0.25, -0.2) is 0 Å². The third-order valence-electron chi connectivity index (χ3n) is 14.7. The largest absolute Gasteiger partial charge is 0.399 e. The second-order valence-corrected chi connectivity index (χ2v) is 17.6. The van der Waals surface area contributed by atoms with Gasteiger partial charge in [-0.3, -0.25) is 0 Å². The van der Waals surface area contributed by atoms with Crippen LogP contribution in [0.25, 0.3) is 0 Å². The van der Waals surface area contributed by atoms with E-state index in [2.05, 4.69) is 0 Å². The van der Waals surface area contributed by atoms with Crippen molar-refractivity contribution >= 4 is 11.4 Å². The van der Waals surface area contributed by atoms with Crippen LogP contribution in [0.15, 0.2) is 48.5 Å². The maximum atomic E-state index is 15.6. The van der Waals surface area contributed by atoms with Gasteiger partial charge in [-0.1, -0.05) is 24.3 Å². The first-order valence-electron chi connectivity index (χ1n) is 16.7. The number of hydrogen-bond acceptors (Lipinski definition) is 2. The molecule has 0 heterocycles. The van der Waals surface area contributed by atoms with Crippen molar-refractivity contribution in [3.63, 3.8) is 0 Å². The van der Waals surface area contributed by atoms with E-state index in [1.54, 1.807) is 0 Å². The quantitative estimate of drug-likeness (QED) is 0.245. The predicted octanol–water partition coefficient (Wildman–Crippen LogP) is 11.0. The first-order chi connectivity index (χ1) is 22.7. The van der Waals surface area contributed by atoms with Gasteiger partial charge in [-0.15, -0.1) is 0 Å². The summed E-state index contributed by atoms with van der Waals surface area (Å²) in [4.78, 5) is 0. The predicted molar refractivity (Wildman–Crippen MR) is 159 cm³/mol. The molecule has 8 bridgehead atoms. The molecular weight excluding hydrogens is 688 g/mol. The molecule has 4 unspecified atom stereocenters. The Morgan fingerprint density at radius 3 is 0.800 bits per heavy atom. The zero-order chi connectivity index (χ0) is 36.5. The van der Waals surface area contributed by atoms with Crippen molar-refractivity contribution in [3.05, 3.63) is 59.7 Å². The fraction of sp³-hybridized carbons (Fsp3) is 0.667. The molecule has 8 aliphatic rings. The van der Waals surface area contributed by atoms with Gasteiger partial charge in [-0.05, 0) is 134 Å². The van der Waals surface area contributed by atoms with Crippen molar-refractivity contribution in [3.8, 4) is 0 Å². The molecule has 8 fully saturated rings. The zero-order valence-corrected chi connectivity index (χ0v) is 26.8. The van der Waals surface area contributed by atoms with E-state index >= 15 is 52.7 Å². The van der Waals surface area contributed by atoms with Crippen molar-refractivity contribution < 1.29 is 52.7 Å². The molecular formula is C36H36F12N2. The Hall–Kier alpha value is -2.80. The van der Waals surface area contributed by atoms with Crippen molar-refractivity contribution in [2.75, 3.05) is 11.5 Å². The van der Waals surface area contributed by atoms with Gasteiger partial charge in [0.15, 0.2) is 0 Å². The number of anilines is 2. The first-order valence-corrected chi connectivity index (χ1v) is 16.7. The summed E-state index contributed by atoms with van der Waals surface area (Å²) < 4.78 is 187. The fourth-order valence-electron chi connectivity index (χ4n) is 13.9. The minimum absolute atomic E-state index is 0.145. The summed E-state index contributed by atoms with van der Waals surface area (Å²) in [7, 11) is 0. The molecule has 4 N–H and O–H groups in total. The highest BCUT2D eigenvalue weighted by Gasteiger charge is 2.87. The lowest BCUT2D eigenvalue weighted by Gasteiger charge is -2.80. The molecule has 0 aliphatic heterocycles. The van der Waals surface area contributed by atoms with Crippen LogP contribution in [0.3, 0.4) is 0 Å². The van der Waals surface area contributed by atoms with Crippen molar-refractivity contribution in [1.29, 1.82) is 0 Å². The van der Waals surface area contributed by atoms with Crippen LogP contribution in [-0.4, -0.2) is 24.7 Å². The molecule has 14 heteroatoms. The Kier molecular flexibility index (Phi) is 6.32. The maximum absolute atomic E-state index is 15.6. The average molecular weight is 725 g/mol. The minimum Gasteiger partial charge on any atom is -0.399 e. The molecule has 0 spiro atoms. The summed E-state index contributed by atoms with van der Waals surface area (Å²) in [5.74, 6) is 0. The molecule has 10 rings (SSSR count). The Bertz CT molecular complexity index is 1530. The molecule has 2 aromatic carbocycles. The van der Waals surface area contributed by atoms with Gasteiger partial charge in [-0.2, -0.15) is 52.7 Å². The second-order valence-electron chi connectivity index (χ2n) is 17.6. The van der Waals surface area contributed by atoms with E-state index in [9.17, 15) is 0 Å². The number of nitrogen functional groups attached to an aromatic ring is 2. The second kappa shape index (κ2) is 9.22. The van der Waals surface area contributed by atoms with Crippen LogP contribution >= 0.6 is 0 Å². The fourth-order valence-corrected chi connectivity index (χ4v) is 13.9. The standard InChI is InChI=1S/C36H36F12N2/c37-33(38,39)29-11-25(21-1-5-23(49)6-2-21)9-27(15-29,16-30(12-25,19-29)34(40,41)42)28-10-26(22-3-7-24(50)8-4-22)13-31(17-28,35(43,44)45)20-32(14-26,18-28)36(46,47)48/h1-8H,9-20,49-50H2. The molecule has 50 heavy (non-hydrogen) atoms. The van der Waals surface area contributed by atoms with Crippen LogP contribution in [0.5, 0.6) is 0 Å². The highest BCUT2D eigenvalue weighted by molar-refractivity contribution is 5.47. The molecule has 0 saturated heterocycles. The number of nitrogens with two attached hydrogens (primary N) is 2. The van der Waals surface area contributed by atoms with Gasteiger partial charge < -0.3 is 11.5 Å². The van der Waals surface area contributed by atoms with Crippen molar-refractivity contribution in [2.45, 2.75) is 113 Å². The summed E-state index contributed by atoms with van der Waals surface area (Å²) in [5, 5.41) is 0. The van der Waals surface area contributed by atoms with Crippen molar-refractivity contribution in [1.82, 2.24) is 0 Å². The van der Waals surface area contributed by atoms with Crippen LogP contribution in [0.2, 0.25) is 0 Å². The number of rotatable bonds is 3. The number of halogens is 12. The third kappa shape index (κ3) is 4.13. The third-order valence-corrected chi connectivity index (χ3v) is 14.7. The zero-order valence-electron chi connectivity index (χ0n) is 26.8. The van der Waals surface area contributed by atoms with E-state index in [0.717, 1.165) is 0 Å². The van der Waals surface area contributed by atoms with E-state index in [4.69, 9.17) is 11.5 Å². The maximum Gasteiger partial charge on any atom is 0.394 e. The minimum atomic E-state index is -5.21. The number of benzene rings is 2. The molecule has 2 aromatic rings. The first kappa shape index (κ1) is 34.3. The smallest absolute Gasteiger partial charge is 0.394 e. The van der Waals surface area contributed by atoms with E-state index < -0.39 is 132 Å². The molecule has 0 amide bonds. The van der Waals surface area contributed by atoms with Gasteiger partial charge in [0, 0.05) is 11.4 Å². The summed E-state index contributed by atoms with van der Waals surface area (Å²) in [6, 6.07) is 10.9. The molecule has 8 aliphatic carbocycles. The molecule has 8 saturated carbocycles. The Morgan fingerprint density at radius 1 is 0.340 bits per heavy atom. The normalized spacial score (nSPS) is 43.8.